The molecule has 0 aliphatic carbocycles. The van der Waals surface area contributed by atoms with Gasteiger partial charge < -0.3 is 10.5 Å². The minimum Gasteiger partial charge on any atom is -0.393 e. The van der Waals surface area contributed by atoms with Crippen LogP contribution in [0.4, 0.5) is 5.69 Å². The highest BCUT2D eigenvalue weighted by atomic mass is 16.5. The number of aromatic nitrogens is 2. The molecule has 1 rings (SSSR count). The molecule has 0 amide bonds. The van der Waals surface area contributed by atoms with Crippen molar-refractivity contribution in [2.45, 2.75) is 19.9 Å². The van der Waals surface area contributed by atoms with Crippen molar-refractivity contribution in [3.63, 3.8) is 0 Å². The lowest BCUT2D eigenvalue weighted by Crippen LogP contribution is -2.32. The van der Waals surface area contributed by atoms with E-state index in [-0.39, 0.29) is 5.69 Å². The molecule has 0 aliphatic heterocycles. The molecule has 0 saturated carbocycles. The van der Waals surface area contributed by atoms with Gasteiger partial charge in [-0.2, -0.15) is 0 Å². The second kappa shape index (κ2) is 5.35. The summed E-state index contributed by atoms with van der Waals surface area (Å²) in [6, 6.07) is 0. The summed E-state index contributed by atoms with van der Waals surface area (Å²) in [4.78, 5) is 24.3. The van der Waals surface area contributed by atoms with E-state index < -0.39 is 11.2 Å². The van der Waals surface area contributed by atoms with Gasteiger partial charge in [-0.15, -0.1) is 0 Å². The molecule has 6 nitrogen and oxygen atoms in total. The maximum Gasteiger partial charge on any atom is 0.328 e. The number of nitrogens with two attached hydrogens (primary N) is 1. The number of hydrogen-bond donors (Lipinski definition) is 2. The normalized spacial score (nSPS) is 10.5. The second-order valence-corrected chi connectivity index (χ2v) is 3.15. The number of anilines is 1. The monoisotopic (exact) mass is 213 g/mol. The number of nitrogens with zero attached hydrogens (tertiary/aromatic N) is 1. The van der Waals surface area contributed by atoms with Gasteiger partial charge in [0.1, 0.15) is 5.69 Å². The lowest BCUT2D eigenvalue weighted by molar-refractivity contribution is 0.126. The van der Waals surface area contributed by atoms with Crippen molar-refractivity contribution in [2.24, 2.45) is 0 Å². The molecular formula is C9H15N3O3. The predicted octanol–water partition coefficient (Wildman–Crippen LogP) is -0.455. The van der Waals surface area contributed by atoms with Gasteiger partial charge in [0.2, 0.25) is 0 Å². The summed E-state index contributed by atoms with van der Waals surface area (Å²) in [6.45, 7) is 3.48. The summed E-state index contributed by atoms with van der Waals surface area (Å²) in [5, 5.41) is 0. The van der Waals surface area contributed by atoms with E-state index in [9.17, 15) is 9.59 Å². The van der Waals surface area contributed by atoms with Crippen LogP contribution in [0.3, 0.4) is 0 Å². The van der Waals surface area contributed by atoms with E-state index in [2.05, 4.69) is 4.98 Å². The molecular weight excluding hydrogens is 198 g/mol. The van der Waals surface area contributed by atoms with Gasteiger partial charge >= 0.3 is 5.69 Å². The zero-order chi connectivity index (χ0) is 11.3. The molecule has 1 aromatic heterocycles. The summed E-state index contributed by atoms with van der Waals surface area (Å²) >= 11 is 0. The fourth-order valence-corrected chi connectivity index (χ4v) is 1.10. The van der Waals surface area contributed by atoms with Gasteiger partial charge in [-0.25, -0.2) is 4.79 Å². The fraction of sp³-hybridized carbons (Fsp3) is 0.556. The number of H-pyrrole nitrogens is 1. The van der Waals surface area contributed by atoms with Crippen molar-refractivity contribution in [2.75, 3.05) is 18.9 Å². The predicted molar refractivity (Wildman–Crippen MR) is 56.8 cm³/mol. The third-order valence-corrected chi connectivity index (χ3v) is 1.86. The number of ether oxygens (including phenoxy) is 1. The molecule has 0 radical (unpaired) electrons. The Kier molecular flexibility index (Phi) is 4.11. The topological polar surface area (TPSA) is 90.1 Å². The highest BCUT2D eigenvalue weighted by molar-refractivity contribution is 5.30. The number of rotatable bonds is 5. The number of aromatic amines is 1. The van der Waals surface area contributed by atoms with E-state index in [1.54, 1.807) is 0 Å². The molecule has 84 valence electrons. The average Bonchev–Trinajstić information content (AvgIpc) is 2.20. The van der Waals surface area contributed by atoms with Gasteiger partial charge in [0.25, 0.3) is 5.56 Å². The Bertz CT molecular complexity index is 421. The van der Waals surface area contributed by atoms with Crippen molar-refractivity contribution in [3.05, 3.63) is 27.0 Å². The minimum atomic E-state index is -0.550. The van der Waals surface area contributed by atoms with Gasteiger partial charge in [-0.3, -0.25) is 14.3 Å². The summed E-state index contributed by atoms with van der Waals surface area (Å²) in [7, 11) is 0. The second-order valence-electron chi connectivity index (χ2n) is 3.15. The minimum absolute atomic E-state index is 0.0325. The molecule has 3 N–H and O–H groups in total. The third-order valence-electron chi connectivity index (χ3n) is 1.86. The highest BCUT2D eigenvalue weighted by Crippen LogP contribution is 1.88. The van der Waals surface area contributed by atoms with Crippen LogP contribution >= 0.6 is 0 Å². The van der Waals surface area contributed by atoms with Crippen LogP contribution in [0.2, 0.25) is 0 Å². The van der Waals surface area contributed by atoms with Crippen molar-refractivity contribution in [3.8, 4) is 0 Å². The van der Waals surface area contributed by atoms with Gasteiger partial charge in [0, 0.05) is 12.8 Å². The van der Waals surface area contributed by atoms with Crippen LogP contribution < -0.4 is 17.0 Å². The van der Waals surface area contributed by atoms with E-state index in [4.69, 9.17) is 10.5 Å². The Morgan fingerprint density at radius 2 is 2.20 bits per heavy atom. The van der Waals surface area contributed by atoms with E-state index in [0.29, 0.717) is 19.8 Å². The molecule has 1 heterocycles. The molecule has 0 spiro atoms. The van der Waals surface area contributed by atoms with Crippen LogP contribution in [-0.2, 0) is 11.3 Å². The van der Waals surface area contributed by atoms with Crippen LogP contribution in [-0.4, -0.2) is 22.8 Å². The first-order valence-electron chi connectivity index (χ1n) is 4.82. The third kappa shape index (κ3) is 3.25. The Morgan fingerprint density at radius 3 is 2.87 bits per heavy atom. The van der Waals surface area contributed by atoms with E-state index in [1.165, 1.54) is 10.8 Å². The molecule has 15 heavy (non-hydrogen) atoms. The maximum atomic E-state index is 11.3. The molecule has 0 unspecified atom stereocenters. The summed E-state index contributed by atoms with van der Waals surface area (Å²) < 4.78 is 6.55. The lowest BCUT2D eigenvalue weighted by atomic mass is 10.5. The molecule has 0 aliphatic rings. The van der Waals surface area contributed by atoms with Gasteiger partial charge in [0.05, 0.1) is 13.2 Å². The summed E-state index contributed by atoms with van der Waals surface area (Å²) in [6.07, 6.45) is 2.26. The number of nitrogen functional groups attached to an aromatic ring is 1. The molecule has 0 saturated heterocycles. The zero-order valence-corrected chi connectivity index (χ0v) is 8.66. The Labute approximate surface area is 86.7 Å². The molecule has 0 fully saturated rings. The molecule has 0 atom stereocenters. The smallest absolute Gasteiger partial charge is 0.328 e. The highest BCUT2D eigenvalue weighted by Gasteiger charge is 2.00. The number of hydrogen-bond acceptors (Lipinski definition) is 4. The first kappa shape index (κ1) is 11.5. The van der Waals surface area contributed by atoms with Crippen LogP contribution in [0.1, 0.15) is 13.3 Å². The first-order valence-corrected chi connectivity index (χ1v) is 4.82. The SMILES string of the molecule is CCCOCCn1cc(N)c(=O)[nH]c1=O. The summed E-state index contributed by atoms with van der Waals surface area (Å²) in [5.41, 5.74) is 4.39. The van der Waals surface area contributed by atoms with Crippen LogP contribution in [0.5, 0.6) is 0 Å². The van der Waals surface area contributed by atoms with Crippen molar-refractivity contribution in [1.29, 1.82) is 0 Å². The fourth-order valence-electron chi connectivity index (χ4n) is 1.10. The lowest BCUT2D eigenvalue weighted by Gasteiger charge is -2.05. The number of nitrogens with one attached hydrogen (secondary N) is 1. The molecule has 1 aromatic rings. The molecule has 0 bridgehead atoms. The van der Waals surface area contributed by atoms with Gasteiger partial charge in [-0.1, -0.05) is 6.92 Å². The average molecular weight is 213 g/mol. The molecule has 0 aromatic carbocycles. The van der Waals surface area contributed by atoms with Crippen LogP contribution in [0.25, 0.3) is 0 Å². The van der Waals surface area contributed by atoms with E-state index in [1.807, 2.05) is 6.92 Å². The quantitative estimate of drug-likeness (QED) is 0.648. The standard InChI is InChI=1S/C9H15N3O3/c1-2-4-15-5-3-12-6-7(10)8(13)11-9(12)14/h6H,2-5,10H2,1H3,(H,11,13,14). The van der Waals surface area contributed by atoms with Crippen LogP contribution in [0, 0.1) is 0 Å². The maximum absolute atomic E-state index is 11.3. The Balaban J connectivity index is 2.66. The van der Waals surface area contributed by atoms with Crippen molar-refractivity contribution < 1.29 is 4.74 Å². The molecule has 6 heteroatoms. The van der Waals surface area contributed by atoms with E-state index in [0.717, 1.165) is 6.42 Å². The van der Waals surface area contributed by atoms with Crippen molar-refractivity contribution >= 4 is 5.69 Å². The zero-order valence-electron chi connectivity index (χ0n) is 8.66. The van der Waals surface area contributed by atoms with E-state index >= 15 is 0 Å². The largest absolute Gasteiger partial charge is 0.393 e. The van der Waals surface area contributed by atoms with Crippen molar-refractivity contribution in [1.82, 2.24) is 9.55 Å². The Morgan fingerprint density at radius 1 is 1.47 bits per heavy atom. The van der Waals surface area contributed by atoms with Gasteiger partial charge in [-0.05, 0) is 6.42 Å². The first-order chi connectivity index (χ1) is 7.15. The van der Waals surface area contributed by atoms with Crippen LogP contribution in [0.15, 0.2) is 15.8 Å². The summed E-state index contributed by atoms with van der Waals surface area (Å²) in [5.74, 6) is 0. The Hall–Kier alpha value is -1.56. The van der Waals surface area contributed by atoms with Gasteiger partial charge in [0.15, 0.2) is 0 Å².